The van der Waals surface area contributed by atoms with Crippen molar-refractivity contribution in [2.45, 2.75) is 20.4 Å². The van der Waals surface area contributed by atoms with Gasteiger partial charge in [0.1, 0.15) is 0 Å². The number of primary amides is 1. The largest absolute Gasteiger partial charge is 0.481 e. The van der Waals surface area contributed by atoms with Crippen LogP contribution in [0.3, 0.4) is 0 Å². The summed E-state index contributed by atoms with van der Waals surface area (Å²) in [6.45, 7) is 3.24. The van der Waals surface area contributed by atoms with E-state index in [0.717, 1.165) is 11.1 Å². The summed E-state index contributed by atoms with van der Waals surface area (Å²) in [7, 11) is 0. The highest BCUT2D eigenvalue weighted by molar-refractivity contribution is 5.93. The quantitative estimate of drug-likeness (QED) is 0.744. The molecule has 124 valence electrons. The third kappa shape index (κ3) is 5.82. The van der Waals surface area contributed by atoms with Gasteiger partial charge in [-0.2, -0.15) is 0 Å². The highest BCUT2D eigenvalue weighted by Crippen LogP contribution is 2.07. The fourth-order valence-corrected chi connectivity index (χ4v) is 1.84. The number of aliphatic carboxylic acids is 1. The van der Waals surface area contributed by atoms with E-state index in [1.807, 2.05) is 43.3 Å². The second-order valence-corrected chi connectivity index (χ2v) is 5.09. The van der Waals surface area contributed by atoms with Crippen molar-refractivity contribution in [3.8, 4) is 0 Å². The summed E-state index contributed by atoms with van der Waals surface area (Å²) in [4.78, 5) is 34.8. The number of imide groups is 1. The van der Waals surface area contributed by atoms with Crippen LogP contribution in [0.4, 0.5) is 9.59 Å². The van der Waals surface area contributed by atoms with Crippen LogP contribution in [-0.4, -0.2) is 34.6 Å². The fourth-order valence-electron chi connectivity index (χ4n) is 1.84. The lowest BCUT2D eigenvalue weighted by molar-refractivity contribution is -0.141. The number of carboxylic acids is 1. The summed E-state index contributed by atoms with van der Waals surface area (Å²) in [5.41, 5.74) is 7.02. The molecule has 0 aliphatic carbocycles. The van der Waals surface area contributed by atoms with Crippen molar-refractivity contribution in [1.82, 2.24) is 10.2 Å². The Hall–Kier alpha value is -2.83. The van der Waals surface area contributed by atoms with Crippen molar-refractivity contribution in [3.63, 3.8) is 0 Å². The second kappa shape index (κ2) is 8.57. The molecule has 0 spiro atoms. The molecule has 0 unspecified atom stereocenters. The van der Waals surface area contributed by atoms with Crippen molar-refractivity contribution in [2.75, 3.05) is 6.54 Å². The fraction of sp³-hybridized carbons (Fsp3) is 0.312. The summed E-state index contributed by atoms with van der Waals surface area (Å²) < 4.78 is 0. The molecule has 0 radical (unpaired) electrons. The van der Waals surface area contributed by atoms with Gasteiger partial charge in [0.25, 0.3) is 0 Å². The van der Waals surface area contributed by atoms with Crippen molar-refractivity contribution < 1.29 is 19.5 Å². The number of allylic oxidation sites excluding steroid dienone is 1. The summed E-state index contributed by atoms with van der Waals surface area (Å²) in [5, 5.41) is 11.4. The lowest BCUT2D eigenvalue weighted by Gasteiger charge is -2.21. The topological polar surface area (TPSA) is 113 Å². The number of nitrogens with zero attached hydrogens (tertiary/aromatic N) is 1. The van der Waals surface area contributed by atoms with Gasteiger partial charge in [-0.1, -0.05) is 43.3 Å². The number of carbonyl (C=O) groups is 3. The third-order valence-electron chi connectivity index (χ3n) is 3.17. The van der Waals surface area contributed by atoms with Gasteiger partial charge in [0, 0.05) is 13.1 Å². The number of urea groups is 2. The molecule has 7 nitrogen and oxygen atoms in total. The minimum Gasteiger partial charge on any atom is -0.481 e. The van der Waals surface area contributed by atoms with E-state index >= 15 is 0 Å². The van der Waals surface area contributed by atoms with E-state index in [2.05, 4.69) is 5.32 Å². The molecule has 0 aliphatic heterocycles. The monoisotopic (exact) mass is 319 g/mol. The number of nitrogens with two attached hydrogens (primary N) is 1. The molecule has 1 atom stereocenters. The molecule has 4 amide bonds. The van der Waals surface area contributed by atoms with Crippen LogP contribution in [0.2, 0.25) is 0 Å². The number of amides is 4. The normalized spacial score (nSPS) is 11.9. The molecule has 0 aromatic heterocycles. The van der Waals surface area contributed by atoms with Gasteiger partial charge in [0.2, 0.25) is 0 Å². The maximum atomic E-state index is 12.0. The smallest absolute Gasteiger partial charge is 0.325 e. The Morgan fingerprint density at radius 2 is 1.91 bits per heavy atom. The molecule has 0 saturated heterocycles. The van der Waals surface area contributed by atoms with E-state index in [-0.39, 0.29) is 13.1 Å². The molecular weight excluding hydrogens is 298 g/mol. The lowest BCUT2D eigenvalue weighted by atomic mass is 10.1. The van der Waals surface area contributed by atoms with Crippen molar-refractivity contribution in [1.29, 1.82) is 0 Å². The number of nitrogens with one attached hydrogen (secondary N) is 1. The van der Waals surface area contributed by atoms with Crippen LogP contribution in [-0.2, 0) is 11.3 Å². The Morgan fingerprint density at radius 1 is 1.30 bits per heavy atom. The van der Waals surface area contributed by atoms with Gasteiger partial charge in [-0.15, -0.1) is 0 Å². The zero-order chi connectivity index (χ0) is 17.4. The maximum Gasteiger partial charge on any atom is 0.325 e. The minimum atomic E-state index is -1.11. The summed E-state index contributed by atoms with van der Waals surface area (Å²) in [6.07, 6.45) is 3.87. The van der Waals surface area contributed by atoms with Crippen LogP contribution in [0.25, 0.3) is 6.08 Å². The van der Waals surface area contributed by atoms with E-state index in [9.17, 15) is 14.4 Å². The Kier molecular flexibility index (Phi) is 6.79. The lowest BCUT2D eigenvalue weighted by Crippen LogP contribution is -2.48. The van der Waals surface area contributed by atoms with E-state index in [1.165, 1.54) is 6.92 Å². The first kappa shape index (κ1) is 18.2. The molecule has 1 aromatic carbocycles. The van der Waals surface area contributed by atoms with Crippen molar-refractivity contribution in [2.24, 2.45) is 11.7 Å². The number of hydrogen-bond donors (Lipinski definition) is 3. The SMILES string of the molecule is C/C=C/c1ccc(CNC(=O)N(C[C@H](C)C(=O)O)C(N)=O)cc1. The summed E-state index contributed by atoms with van der Waals surface area (Å²) >= 11 is 0. The van der Waals surface area contributed by atoms with Gasteiger partial charge < -0.3 is 16.2 Å². The Labute approximate surface area is 134 Å². The summed E-state index contributed by atoms with van der Waals surface area (Å²) in [5.74, 6) is -2.00. The number of hydrogen-bond acceptors (Lipinski definition) is 3. The van der Waals surface area contributed by atoms with Crippen LogP contribution >= 0.6 is 0 Å². The first-order valence-electron chi connectivity index (χ1n) is 7.14. The Balaban J connectivity index is 2.64. The highest BCUT2D eigenvalue weighted by Gasteiger charge is 2.24. The zero-order valence-electron chi connectivity index (χ0n) is 13.2. The molecule has 0 heterocycles. The second-order valence-electron chi connectivity index (χ2n) is 5.09. The van der Waals surface area contributed by atoms with E-state index in [0.29, 0.717) is 4.90 Å². The first-order chi connectivity index (χ1) is 10.8. The molecule has 0 aliphatic rings. The van der Waals surface area contributed by atoms with E-state index in [1.54, 1.807) is 0 Å². The van der Waals surface area contributed by atoms with Gasteiger partial charge in [0.05, 0.1) is 5.92 Å². The Morgan fingerprint density at radius 3 is 2.39 bits per heavy atom. The molecular formula is C16H21N3O4. The van der Waals surface area contributed by atoms with Crippen LogP contribution < -0.4 is 11.1 Å². The molecule has 7 heteroatoms. The number of carbonyl (C=O) groups excluding carboxylic acids is 2. The standard InChI is InChI=1S/C16H21N3O4/c1-3-4-12-5-7-13(8-6-12)9-18-16(23)19(15(17)22)10-11(2)14(20)21/h3-8,11H,9-10H2,1-2H3,(H2,17,22)(H,18,23)(H,20,21)/b4-3+/t11-/m0/s1. The predicted octanol–water partition coefficient (Wildman–Crippen LogP) is 2.03. The van der Waals surface area contributed by atoms with Crippen LogP contribution in [0.15, 0.2) is 30.3 Å². The predicted molar refractivity (Wildman–Crippen MR) is 86.5 cm³/mol. The van der Waals surface area contributed by atoms with Crippen LogP contribution in [0.1, 0.15) is 25.0 Å². The highest BCUT2D eigenvalue weighted by atomic mass is 16.4. The molecule has 1 aromatic rings. The molecule has 1 rings (SSSR count). The van der Waals surface area contributed by atoms with Crippen molar-refractivity contribution in [3.05, 3.63) is 41.5 Å². The van der Waals surface area contributed by atoms with Crippen LogP contribution in [0.5, 0.6) is 0 Å². The molecule has 0 bridgehead atoms. The van der Waals surface area contributed by atoms with Gasteiger partial charge >= 0.3 is 18.0 Å². The minimum absolute atomic E-state index is 0.209. The van der Waals surface area contributed by atoms with Gasteiger partial charge in [-0.25, -0.2) is 14.5 Å². The molecule has 23 heavy (non-hydrogen) atoms. The van der Waals surface area contributed by atoms with Gasteiger partial charge in [0.15, 0.2) is 0 Å². The molecule has 0 saturated carbocycles. The zero-order valence-corrected chi connectivity index (χ0v) is 13.2. The van der Waals surface area contributed by atoms with Crippen LogP contribution in [0, 0.1) is 5.92 Å². The third-order valence-corrected chi connectivity index (χ3v) is 3.17. The van der Waals surface area contributed by atoms with E-state index in [4.69, 9.17) is 10.8 Å². The molecule has 4 N–H and O–H groups in total. The average molecular weight is 319 g/mol. The van der Waals surface area contributed by atoms with Crippen molar-refractivity contribution >= 4 is 24.1 Å². The number of rotatable bonds is 6. The summed E-state index contributed by atoms with van der Waals surface area (Å²) in [6, 6.07) is 5.80. The number of carboxylic acid groups (broad SMARTS) is 1. The average Bonchev–Trinajstić information content (AvgIpc) is 2.51. The first-order valence-corrected chi connectivity index (χ1v) is 7.14. The Bertz CT molecular complexity index is 596. The van der Waals surface area contributed by atoms with Gasteiger partial charge in [-0.3, -0.25) is 4.79 Å². The van der Waals surface area contributed by atoms with E-state index < -0.39 is 23.9 Å². The van der Waals surface area contributed by atoms with Gasteiger partial charge in [-0.05, 0) is 18.1 Å². The number of benzene rings is 1. The maximum absolute atomic E-state index is 12.0. The molecule has 0 fully saturated rings.